The van der Waals surface area contributed by atoms with Gasteiger partial charge >= 0.3 is 6.03 Å². The quantitative estimate of drug-likeness (QED) is 0.176. The SMILES string of the molecule is CC1(C)CN(CC2(NC(=O)N[C@@H](C(=O)N3C[C@@H](C(C)(C)C4(C)CCC4)C[C@H]3C(=O)NC(CC3CCC3)C(=O)C(N)=O)C(C)(C)C)CCCCC2)CCN1. The predicted octanol–water partition coefficient (Wildman–Crippen LogP) is 4.25. The maximum Gasteiger partial charge on any atom is 0.315 e. The summed E-state index contributed by atoms with van der Waals surface area (Å²) in [5, 5.41) is 13.0. The highest BCUT2D eigenvalue weighted by Crippen LogP contribution is 2.59. The molecule has 53 heavy (non-hydrogen) atoms. The second-order valence-corrected chi connectivity index (χ2v) is 20.2. The van der Waals surface area contributed by atoms with Crippen molar-refractivity contribution in [3.05, 3.63) is 0 Å². The van der Waals surface area contributed by atoms with Gasteiger partial charge in [-0.3, -0.25) is 24.1 Å². The third-order valence-corrected chi connectivity index (χ3v) is 14.3. The molecule has 5 amide bonds. The molecule has 6 N–H and O–H groups in total. The van der Waals surface area contributed by atoms with Gasteiger partial charge in [0.1, 0.15) is 12.1 Å². The van der Waals surface area contributed by atoms with E-state index in [1.807, 2.05) is 20.8 Å². The summed E-state index contributed by atoms with van der Waals surface area (Å²) in [4.78, 5) is 72.5. The number of likely N-dealkylation sites (tertiary alicyclic amines) is 1. The Bertz CT molecular complexity index is 1370. The number of hydrogen-bond donors (Lipinski definition) is 5. The number of ketones is 1. The summed E-state index contributed by atoms with van der Waals surface area (Å²) in [5.41, 5.74) is 4.29. The van der Waals surface area contributed by atoms with E-state index in [0.29, 0.717) is 19.4 Å². The average Bonchev–Trinajstić information content (AvgIpc) is 3.49. The molecule has 2 heterocycles. The summed E-state index contributed by atoms with van der Waals surface area (Å²) in [6.07, 6.45) is 12.1. The van der Waals surface area contributed by atoms with Crippen molar-refractivity contribution in [1.29, 1.82) is 0 Å². The topological polar surface area (TPSA) is 166 Å². The summed E-state index contributed by atoms with van der Waals surface area (Å²) in [6, 6.07) is -3.14. The first-order chi connectivity index (χ1) is 24.7. The lowest BCUT2D eigenvalue weighted by molar-refractivity contribution is -0.143. The molecular formula is C41H71N7O5. The largest absolute Gasteiger partial charge is 0.363 e. The molecule has 300 valence electrons. The number of primary amides is 1. The van der Waals surface area contributed by atoms with E-state index >= 15 is 0 Å². The fourth-order valence-electron chi connectivity index (χ4n) is 10.0. The molecule has 2 saturated heterocycles. The fraction of sp³-hybridized carbons (Fsp3) is 0.878. The van der Waals surface area contributed by atoms with Crippen LogP contribution in [0.4, 0.5) is 4.79 Å². The highest BCUT2D eigenvalue weighted by atomic mass is 16.2. The highest BCUT2D eigenvalue weighted by Gasteiger charge is 2.55. The molecule has 0 aromatic rings. The summed E-state index contributed by atoms with van der Waals surface area (Å²) >= 11 is 0. The molecule has 3 saturated carbocycles. The van der Waals surface area contributed by atoms with Gasteiger partial charge in [0.2, 0.25) is 17.6 Å². The van der Waals surface area contributed by atoms with Crippen molar-refractivity contribution < 1.29 is 24.0 Å². The number of hydrogen-bond acceptors (Lipinski definition) is 7. The van der Waals surface area contributed by atoms with E-state index in [1.165, 1.54) is 0 Å². The number of urea groups is 1. The number of nitrogens with zero attached hydrogens (tertiary/aromatic N) is 2. The van der Waals surface area contributed by atoms with E-state index < -0.39 is 46.7 Å². The van der Waals surface area contributed by atoms with Crippen LogP contribution in [0.25, 0.3) is 0 Å². The Kier molecular flexibility index (Phi) is 12.3. The Morgan fingerprint density at radius 1 is 0.887 bits per heavy atom. The maximum absolute atomic E-state index is 14.9. The van der Waals surface area contributed by atoms with Crippen LogP contribution in [0.3, 0.4) is 0 Å². The molecule has 0 spiro atoms. The molecular weight excluding hydrogens is 670 g/mol. The van der Waals surface area contributed by atoms with Crippen LogP contribution in [0.2, 0.25) is 0 Å². The zero-order valence-corrected chi connectivity index (χ0v) is 34.1. The highest BCUT2D eigenvalue weighted by molar-refractivity contribution is 6.37. The van der Waals surface area contributed by atoms with E-state index in [-0.39, 0.29) is 40.1 Å². The van der Waals surface area contributed by atoms with Gasteiger partial charge in [0.15, 0.2) is 0 Å². The zero-order valence-electron chi connectivity index (χ0n) is 34.1. The standard InChI is InChI=1S/C41H71N7O5/c1-37(2,3)32(45-36(53)46-41(18-10-9-11-19-41)26-47-21-20-43-38(4,5)25-47)35(52)48-24-28(39(6,7)40(8)16-13-17-40)23-30(48)34(51)44-29(31(49)33(42)50)22-27-14-12-15-27/h27-30,32,43H,9-26H2,1-8H3,(H2,42,50)(H,44,51)(H2,45,46,53)/t28-,29?,30-,32-/m0/s1. The van der Waals surface area contributed by atoms with Gasteiger partial charge in [0.25, 0.3) is 5.91 Å². The minimum absolute atomic E-state index is 0.00842. The third-order valence-electron chi connectivity index (χ3n) is 14.3. The van der Waals surface area contributed by atoms with E-state index in [0.717, 1.165) is 96.8 Å². The fourth-order valence-corrected chi connectivity index (χ4v) is 10.0. The van der Waals surface area contributed by atoms with Gasteiger partial charge in [0, 0.05) is 38.3 Å². The lowest BCUT2D eigenvalue weighted by Crippen LogP contribution is -2.66. The molecule has 12 nitrogen and oxygen atoms in total. The van der Waals surface area contributed by atoms with Gasteiger partial charge in [-0.1, -0.05) is 86.5 Å². The van der Waals surface area contributed by atoms with Crippen molar-refractivity contribution >= 4 is 29.5 Å². The first-order valence-corrected chi connectivity index (χ1v) is 20.7. The van der Waals surface area contributed by atoms with Crippen LogP contribution in [-0.4, -0.2) is 101 Å². The number of Topliss-reactive ketones (excluding diaryl/α,β-unsaturated/α-hetero) is 1. The third kappa shape index (κ3) is 9.39. The minimum Gasteiger partial charge on any atom is -0.363 e. The molecule has 0 bridgehead atoms. The Hall–Kier alpha value is -2.73. The molecule has 5 aliphatic rings. The van der Waals surface area contributed by atoms with Crippen LogP contribution in [0.15, 0.2) is 0 Å². The Balaban J connectivity index is 1.38. The van der Waals surface area contributed by atoms with Gasteiger partial charge in [0.05, 0.1) is 11.6 Å². The van der Waals surface area contributed by atoms with Crippen molar-refractivity contribution in [2.45, 2.75) is 168 Å². The molecule has 5 rings (SSSR count). The maximum atomic E-state index is 14.9. The average molecular weight is 742 g/mol. The summed E-state index contributed by atoms with van der Waals surface area (Å²) in [6.45, 7) is 20.9. The van der Waals surface area contributed by atoms with E-state index in [1.54, 1.807) is 4.90 Å². The van der Waals surface area contributed by atoms with Gasteiger partial charge < -0.3 is 31.9 Å². The number of nitrogens with two attached hydrogens (primary N) is 1. The van der Waals surface area contributed by atoms with Gasteiger partial charge in [-0.2, -0.15) is 0 Å². The summed E-state index contributed by atoms with van der Waals surface area (Å²) in [7, 11) is 0. The number of nitrogens with one attached hydrogen (secondary N) is 4. The lowest BCUT2D eigenvalue weighted by Gasteiger charge is -2.54. The number of piperazine rings is 1. The monoisotopic (exact) mass is 742 g/mol. The smallest absolute Gasteiger partial charge is 0.315 e. The number of carbonyl (C=O) groups is 5. The first kappa shape index (κ1) is 41.4. The zero-order chi connectivity index (χ0) is 39.0. The molecule has 5 fully saturated rings. The van der Waals surface area contributed by atoms with Crippen molar-refractivity contribution in [1.82, 2.24) is 31.1 Å². The van der Waals surface area contributed by atoms with E-state index in [2.05, 4.69) is 60.8 Å². The summed E-state index contributed by atoms with van der Waals surface area (Å²) in [5.74, 6) is -2.34. The lowest BCUT2D eigenvalue weighted by atomic mass is 9.51. The summed E-state index contributed by atoms with van der Waals surface area (Å²) < 4.78 is 0. The van der Waals surface area contributed by atoms with Crippen LogP contribution < -0.4 is 27.0 Å². The van der Waals surface area contributed by atoms with Gasteiger partial charge in [-0.05, 0) is 80.5 Å². The van der Waals surface area contributed by atoms with E-state index in [9.17, 15) is 24.0 Å². The van der Waals surface area contributed by atoms with Crippen molar-refractivity contribution in [2.24, 2.45) is 33.8 Å². The molecule has 4 atom stereocenters. The Morgan fingerprint density at radius 2 is 1.55 bits per heavy atom. The number of carbonyl (C=O) groups excluding carboxylic acids is 5. The first-order valence-electron chi connectivity index (χ1n) is 20.7. The van der Waals surface area contributed by atoms with Crippen LogP contribution in [0, 0.1) is 28.1 Å². The van der Waals surface area contributed by atoms with Crippen LogP contribution >= 0.6 is 0 Å². The van der Waals surface area contributed by atoms with Crippen molar-refractivity contribution in [3.63, 3.8) is 0 Å². The van der Waals surface area contributed by atoms with Gasteiger partial charge in [-0.25, -0.2) is 4.79 Å². The normalized spacial score (nSPS) is 27.1. The molecule has 0 aromatic heterocycles. The molecule has 12 heteroatoms. The molecule has 0 radical (unpaired) electrons. The van der Waals surface area contributed by atoms with E-state index in [4.69, 9.17) is 5.73 Å². The predicted molar refractivity (Wildman–Crippen MR) is 207 cm³/mol. The van der Waals surface area contributed by atoms with Crippen LogP contribution in [-0.2, 0) is 19.2 Å². The van der Waals surface area contributed by atoms with Crippen LogP contribution in [0.5, 0.6) is 0 Å². The van der Waals surface area contributed by atoms with Gasteiger partial charge in [-0.15, -0.1) is 0 Å². The Morgan fingerprint density at radius 3 is 2.08 bits per heavy atom. The minimum atomic E-state index is -1.06. The molecule has 3 aliphatic carbocycles. The molecule has 2 aliphatic heterocycles. The number of amides is 5. The second kappa shape index (κ2) is 15.8. The van der Waals surface area contributed by atoms with Crippen molar-refractivity contribution in [3.8, 4) is 0 Å². The number of rotatable bonds is 13. The molecule has 0 aromatic carbocycles. The van der Waals surface area contributed by atoms with Crippen LogP contribution in [0.1, 0.15) is 139 Å². The Labute approximate surface area is 318 Å². The second-order valence-electron chi connectivity index (χ2n) is 20.2. The molecule has 1 unspecified atom stereocenters. The van der Waals surface area contributed by atoms with Crippen molar-refractivity contribution in [2.75, 3.05) is 32.7 Å².